The van der Waals surface area contributed by atoms with Crippen molar-refractivity contribution in [3.8, 4) is 34.7 Å². The van der Waals surface area contributed by atoms with E-state index in [1.54, 1.807) is 54.1 Å². The molecule has 0 saturated carbocycles. The second kappa shape index (κ2) is 10.3. The monoisotopic (exact) mass is 489 g/mol. The largest absolute Gasteiger partial charge is 0.493 e. The van der Waals surface area contributed by atoms with Crippen molar-refractivity contribution in [1.82, 2.24) is 19.7 Å². The van der Waals surface area contributed by atoms with Gasteiger partial charge in [0.1, 0.15) is 11.6 Å². The van der Waals surface area contributed by atoms with Gasteiger partial charge in [-0.25, -0.2) is 9.67 Å². The summed E-state index contributed by atoms with van der Waals surface area (Å²) in [6.45, 7) is 5.68. The normalized spacial score (nSPS) is 10.6. The summed E-state index contributed by atoms with van der Waals surface area (Å²) in [7, 11) is 4.50. The van der Waals surface area contributed by atoms with Crippen molar-refractivity contribution >= 4 is 11.6 Å². The van der Waals surface area contributed by atoms with E-state index in [0.717, 1.165) is 11.4 Å². The molecule has 4 rings (SSSR count). The van der Waals surface area contributed by atoms with E-state index in [-0.39, 0.29) is 5.91 Å². The van der Waals surface area contributed by atoms with Crippen molar-refractivity contribution in [2.45, 2.75) is 20.8 Å². The van der Waals surface area contributed by atoms with Crippen molar-refractivity contribution in [2.24, 2.45) is 0 Å². The van der Waals surface area contributed by atoms with Gasteiger partial charge >= 0.3 is 0 Å². The molecular weight excluding hydrogens is 462 g/mol. The predicted molar refractivity (Wildman–Crippen MR) is 134 cm³/mol. The highest BCUT2D eigenvalue weighted by Crippen LogP contribution is 2.38. The third-order valence-corrected chi connectivity index (χ3v) is 5.29. The molecule has 0 saturated heterocycles. The molecule has 0 aliphatic rings. The second-order valence-corrected chi connectivity index (χ2v) is 7.95. The van der Waals surface area contributed by atoms with Crippen LogP contribution in [0.15, 0.2) is 48.5 Å². The number of nitrogens with one attached hydrogen (secondary N) is 1. The number of hydrogen-bond acceptors (Lipinski definition) is 8. The molecule has 0 atom stereocenters. The lowest BCUT2D eigenvalue weighted by molar-refractivity contribution is 0.102. The number of benzene rings is 2. The molecule has 1 N–H and O–H groups in total. The lowest BCUT2D eigenvalue weighted by atomic mass is 10.1. The van der Waals surface area contributed by atoms with Crippen molar-refractivity contribution in [2.75, 3.05) is 26.6 Å². The van der Waals surface area contributed by atoms with E-state index in [9.17, 15) is 4.79 Å². The Morgan fingerprint density at radius 1 is 0.861 bits per heavy atom. The number of ether oxygens (including phenoxy) is 4. The van der Waals surface area contributed by atoms with Crippen LogP contribution in [0, 0.1) is 20.8 Å². The number of hydrogen-bond donors (Lipinski definition) is 1. The molecule has 0 fully saturated rings. The smallest absolute Gasteiger partial charge is 0.255 e. The molecule has 0 spiro atoms. The van der Waals surface area contributed by atoms with Gasteiger partial charge in [-0.15, -0.1) is 0 Å². The molecule has 0 bridgehead atoms. The van der Waals surface area contributed by atoms with E-state index in [1.165, 1.54) is 21.3 Å². The Kier molecular flexibility index (Phi) is 7.05. The highest BCUT2D eigenvalue weighted by atomic mass is 16.5. The van der Waals surface area contributed by atoms with E-state index in [0.29, 0.717) is 51.8 Å². The zero-order valence-electron chi connectivity index (χ0n) is 20.9. The molecule has 10 heteroatoms. The molecule has 0 aliphatic heterocycles. The number of carbonyl (C=O) groups excluding carboxylic acids is 1. The molecule has 1 amide bonds. The Labute approximate surface area is 208 Å². The van der Waals surface area contributed by atoms with Gasteiger partial charge in [0.15, 0.2) is 17.3 Å². The van der Waals surface area contributed by atoms with Crippen LogP contribution in [0.1, 0.15) is 27.6 Å². The molecule has 36 heavy (non-hydrogen) atoms. The summed E-state index contributed by atoms with van der Waals surface area (Å²) in [5.41, 5.74) is 2.81. The molecule has 0 aliphatic carbocycles. The van der Waals surface area contributed by atoms with Gasteiger partial charge in [-0.05, 0) is 63.2 Å². The fourth-order valence-electron chi connectivity index (χ4n) is 3.69. The first-order valence-corrected chi connectivity index (χ1v) is 11.1. The number of methoxy groups -OCH3 is 3. The van der Waals surface area contributed by atoms with Gasteiger partial charge < -0.3 is 24.3 Å². The molecule has 10 nitrogen and oxygen atoms in total. The summed E-state index contributed by atoms with van der Waals surface area (Å²) in [6, 6.07) is 13.8. The maximum atomic E-state index is 12.8. The van der Waals surface area contributed by atoms with E-state index >= 15 is 0 Å². The Bertz CT molecular complexity index is 1370. The average molecular weight is 490 g/mol. The topological polar surface area (TPSA) is 110 Å². The number of anilines is 1. The molecule has 4 aromatic rings. The molecule has 2 aromatic carbocycles. The molecule has 186 valence electrons. The van der Waals surface area contributed by atoms with Crippen LogP contribution in [-0.2, 0) is 0 Å². The quantitative estimate of drug-likeness (QED) is 0.381. The van der Waals surface area contributed by atoms with Crippen LogP contribution in [0.3, 0.4) is 0 Å². The van der Waals surface area contributed by atoms with Crippen LogP contribution in [0.2, 0.25) is 0 Å². The van der Waals surface area contributed by atoms with Crippen molar-refractivity contribution in [1.29, 1.82) is 0 Å². The minimum atomic E-state index is -0.330. The van der Waals surface area contributed by atoms with E-state index in [4.69, 9.17) is 18.9 Å². The van der Waals surface area contributed by atoms with Crippen LogP contribution in [0.4, 0.5) is 5.69 Å². The third-order valence-electron chi connectivity index (χ3n) is 5.29. The summed E-state index contributed by atoms with van der Waals surface area (Å²) in [4.78, 5) is 21.7. The van der Waals surface area contributed by atoms with Crippen molar-refractivity contribution < 1.29 is 23.7 Å². The zero-order valence-corrected chi connectivity index (χ0v) is 20.9. The number of amides is 1. The predicted octanol–water partition coefficient (Wildman–Crippen LogP) is 4.66. The summed E-state index contributed by atoms with van der Waals surface area (Å²) >= 11 is 0. The van der Waals surface area contributed by atoms with E-state index in [1.807, 2.05) is 19.9 Å². The van der Waals surface area contributed by atoms with Crippen LogP contribution >= 0.6 is 0 Å². The number of rotatable bonds is 8. The first kappa shape index (κ1) is 24.5. The number of aryl methyl sites for hydroxylation is 3. The summed E-state index contributed by atoms with van der Waals surface area (Å²) in [6.07, 6.45) is 0. The Hall–Kier alpha value is -4.60. The molecule has 0 radical (unpaired) electrons. The first-order valence-electron chi connectivity index (χ1n) is 11.1. The van der Waals surface area contributed by atoms with Crippen LogP contribution < -0.4 is 24.3 Å². The summed E-state index contributed by atoms with van der Waals surface area (Å²) in [5, 5.41) is 7.33. The average Bonchev–Trinajstić information content (AvgIpc) is 3.21. The van der Waals surface area contributed by atoms with Gasteiger partial charge in [0.25, 0.3) is 5.91 Å². The summed E-state index contributed by atoms with van der Waals surface area (Å²) in [5.74, 6) is 3.00. The van der Waals surface area contributed by atoms with Gasteiger partial charge in [0.2, 0.25) is 11.6 Å². The Morgan fingerprint density at radius 3 is 2.08 bits per heavy atom. The first-order chi connectivity index (χ1) is 17.3. The molecule has 2 heterocycles. The standard InChI is InChI=1S/C26H27N5O5/c1-15-11-16(2)31(30-15)23-14-24(28-17(3)27-23)36-20-9-7-19(8-10-20)29-26(32)18-12-21(33-4)25(35-6)22(13-18)34-5/h7-14H,1-6H3,(H,29,32). The SMILES string of the molecule is COc1cc(C(=O)Nc2ccc(Oc3cc(-n4nc(C)cc4C)nc(C)n3)cc2)cc(OC)c1OC. The van der Waals surface area contributed by atoms with Gasteiger partial charge in [-0.1, -0.05) is 0 Å². The van der Waals surface area contributed by atoms with E-state index in [2.05, 4.69) is 20.4 Å². The number of nitrogens with zero attached hydrogens (tertiary/aromatic N) is 4. The minimum absolute atomic E-state index is 0.330. The lowest BCUT2D eigenvalue weighted by Gasteiger charge is -2.14. The molecular formula is C26H27N5O5. The maximum absolute atomic E-state index is 12.8. The lowest BCUT2D eigenvalue weighted by Crippen LogP contribution is -2.12. The van der Waals surface area contributed by atoms with Gasteiger partial charge in [0.05, 0.1) is 27.0 Å². The van der Waals surface area contributed by atoms with Crippen molar-refractivity contribution in [3.05, 3.63) is 71.3 Å². The number of aromatic nitrogens is 4. The minimum Gasteiger partial charge on any atom is -0.493 e. The van der Waals surface area contributed by atoms with Gasteiger partial charge in [0, 0.05) is 23.0 Å². The fraction of sp³-hybridized carbons (Fsp3) is 0.231. The number of carbonyl (C=O) groups is 1. The highest BCUT2D eigenvalue weighted by molar-refractivity contribution is 6.05. The fourth-order valence-corrected chi connectivity index (χ4v) is 3.69. The highest BCUT2D eigenvalue weighted by Gasteiger charge is 2.17. The molecule has 0 unspecified atom stereocenters. The van der Waals surface area contributed by atoms with Gasteiger partial charge in [-0.2, -0.15) is 10.1 Å². The van der Waals surface area contributed by atoms with Crippen molar-refractivity contribution in [3.63, 3.8) is 0 Å². The maximum Gasteiger partial charge on any atom is 0.255 e. The van der Waals surface area contributed by atoms with Gasteiger partial charge in [-0.3, -0.25) is 4.79 Å². The summed E-state index contributed by atoms with van der Waals surface area (Å²) < 4.78 is 23.7. The van der Waals surface area contributed by atoms with Crippen LogP contribution in [0.5, 0.6) is 28.9 Å². The third kappa shape index (κ3) is 5.22. The Morgan fingerprint density at radius 2 is 1.53 bits per heavy atom. The van der Waals surface area contributed by atoms with E-state index < -0.39 is 0 Å². The van der Waals surface area contributed by atoms with Crippen LogP contribution in [0.25, 0.3) is 5.82 Å². The van der Waals surface area contributed by atoms with Crippen LogP contribution in [-0.4, -0.2) is 47.0 Å². The zero-order chi connectivity index (χ0) is 25.8. The Balaban J connectivity index is 1.50. The molecule has 2 aromatic heterocycles. The second-order valence-electron chi connectivity index (χ2n) is 7.95.